The van der Waals surface area contributed by atoms with Crippen molar-refractivity contribution in [1.82, 2.24) is 15.4 Å². The van der Waals surface area contributed by atoms with E-state index in [1.165, 1.54) is 25.8 Å². The second-order valence-corrected chi connectivity index (χ2v) is 5.10. The highest BCUT2D eigenvalue weighted by Gasteiger charge is 2.29. The fraction of sp³-hybridized carbons (Fsp3) is 0.750. The van der Waals surface area contributed by atoms with E-state index in [4.69, 9.17) is 4.52 Å². The molecule has 2 fully saturated rings. The highest BCUT2D eigenvalue weighted by molar-refractivity contribution is 5.85. The molecule has 3 rings (SSSR count). The van der Waals surface area contributed by atoms with Crippen LogP contribution in [0.1, 0.15) is 30.7 Å². The first-order valence-corrected chi connectivity index (χ1v) is 6.20. The number of hydrogen-bond donors (Lipinski definition) is 1. The molecule has 2 aliphatic rings. The summed E-state index contributed by atoms with van der Waals surface area (Å²) in [5.74, 6) is 0.996. The average Bonchev–Trinajstić information content (AvgIpc) is 2.77. The van der Waals surface area contributed by atoms with Crippen LogP contribution < -0.4 is 5.32 Å². The highest BCUT2D eigenvalue weighted by atomic mass is 35.5. The predicted octanol–water partition coefficient (Wildman–Crippen LogP) is 1.73. The molecule has 4 nitrogen and oxygen atoms in total. The Morgan fingerprint density at radius 3 is 3.00 bits per heavy atom. The van der Waals surface area contributed by atoms with Crippen LogP contribution in [0.15, 0.2) is 10.6 Å². The Morgan fingerprint density at radius 2 is 2.24 bits per heavy atom. The molecule has 96 valence electrons. The minimum atomic E-state index is 0. The molecular formula is C12H20ClN3O. The van der Waals surface area contributed by atoms with Gasteiger partial charge in [-0.05, 0) is 26.2 Å². The van der Waals surface area contributed by atoms with E-state index in [-0.39, 0.29) is 12.4 Å². The maximum Gasteiger partial charge on any atom is 0.150 e. The predicted molar refractivity (Wildman–Crippen MR) is 68.3 cm³/mol. The van der Waals surface area contributed by atoms with Crippen molar-refractivity contribution in [3.63, 3.8) is 0 Å². The van der Waals surface area contributed by atoms with E-state index in [0.29, 0.717) is 6.04 Å². The molecule has 2 aliphatic heterocycles. The van der Waals surface area contributed by atoms with Gasteiger partial charge in [-0.15, -0.1) is 12.4 Å². The van der Waals surface area contributed by atoms with Gasteiger partial charge in [0.2, 0.25) is 0 Å². The SMILES string of the molecule is Cc1cc(CN2CCC3CCC(C2)N3)on1.Cl. The summed E-state index contributed by atoms with van der Waals surface area (Å²) in [6, 6.07) is 3.49. The summed E-state index contributed by atoms with van der Waals surface area (Å²) in [6.07, 6.45) is 3.96. The Balaban J connectivity index is 0.00000108. The smallest absolute Gasteiger partial charge is 0.150 e. The minimum Gasteiger partial charge on any atom is -0.360 e. The van der Waals surface area contributed by atoms with Crippen molar-refractivity contribution < 1.29 is 4.52 Å². The number of likely N-dealkylation sites (tertiary alicyclic amines) is 1. The molecule has 0 aromatic carbocycles. The molecule has 0 spiro atoms. The van der Waals surface area contributed by atoms with Gasteiger partial charge in [-0.1, -0.05) is 5.16 Å². The number of halogens is 1. The molecule has 2 bridgehead atoms. The van der Waals surface area contributed by atoms with Crippen molar-refractivity contribution >= 4 is 12.4 Å². The molecule has 1 N–H and O–H groups in total. The zero-order valence-corrected chi connectivity index (χ0v) is 11.0. The Morgan fingerprint density at radius 1 is 1.41 bits per heavy atom. The Hall–Kier alpha value is -0.580. The molecule has 0 aliphatic carbocycles. The zero-order valence-electron chi connectivity index (χ0n) is 10.2. The standard InChI is InChI=1S/C12H19N3O.ClH/c1-9-6-12(16-14-9)8-15-5-4-10-2-3-11(7-15)13-10;/h6,10-11,13H,2-5,7-8H2,1H3;1H. The average molecular weight is 258 g/mol. The molecule has 0 radical (unpaired) electrons. The van der Waals surface area contributed by atoms with Gasteiger partial charge < -0.3 is 9.84 Å². The zero-order chi connectivity index (χ0) is 11.0. The van der Waals surface area contributed by atoms with Crippen LogP contribution in [0.5, 0.6) is 0 Å². The molecule has 2 saturated heterocycles. The van der Waals surface area contributed by atoms with E-state index in [2.05, 4.69) is 15.4 Å². The molecule has 2 atom stereocenters. The summed E-state index contributed by atoms with van der Waals surface area (Å²) >= 11 is 0. The molecule has 5 heteroatoms. The normalized spacial score (nSPS) is 28.8. The van der Waals surface area contributed by atoms with E-state index >= 15 is 0 Å². The summed E-state index contributed by atoms with van der Waals surface area (Å²) in [6.45, 7) is 5.20. The molecule has 1 aromatic heterocycles. The van der Waals surface area contributed by atoms with Crippen molar-refractivity contribution in [1.29, 1.82) is 0 Å². The van der Waals surface area contributed by atoms with Crippen LogP contribution in [0.2, 0.25) is 0 Å². The van der Waals surface area contributed by atoms with Gasteiger partial charge in [-0.25, -0.2) is 0 Å². The number of aromatic nitrogens is 1. The molecule has 0 amide bonds. The van der Waals surface area contributed by atoms with Gasteiger partial charge in [-0.2, -0.15) is 0 Å². The molecule has 0 saturated carbocycles. The molecular weight excluding hydrogens is 238 g/mol. The lowest BCUT2D eigenvalue weighted by molar-refractivity contribution is 0.220. The topological polar surface area (TPSA) is 41.3 Å². The lowest BCUT2D eigenvalue weighted by Crippen LogP contribution is -2.34. The van der Waals surface area contributed by atoms with E-state index < -0.39 is 0 Å². The summed E-state index contributed by atoms with van der Waals surface area (Å²) in [5.41, 5.74) is 0.976. The van der Waals surface area contributed by atoms with Crippen molar-refractivity contribution in [3.05, 3.63) is 17.5 Å². The lowest BCUT2D eigenvalue weighted by atomic mass is 10.1. The van der Waals surface area contributed by atoms with Crippen LogP contribution in [0.4, 0.5) is 0 Å². The van der Waals surface area contributed by atoms with Crippen LogP contribution in [0.25, 0.3) is 0 Å². The van der Waals surface area contributed by atoms with Crippen molar-refractivity contribution in [2.45, 2.75) is 44.8 Å². The second-order valence-electron chi connectivity index (χ2n) is 5.10. The van der Waals surface area contributed by atoms with Gasteiger partial charge in [0.25, 0.3) is 0 Å². The lowest BCUT2D eigenvalue weighted by Gasteiger charge is -2.22. The maximum atomic E-state index is 5.28. The summed E-state index contributed by atoms with van der Waals surface area (Å²) in [4.78, 5) is 2.48. The largest absolute Gasteiger partial charge is 0.360 e. The van der Waals surface area contributed by atoms with Crippen LogP contribution in [0.3, 0.4) is 0 Å². The fourth-order valence-electron chi connectivity index (χ4n) is 2.87. The van der Waals surface area contributed by atoms with Crippen molar-refractivity contribution in [2.24, 2.45) is 0 Å². The van der Waals surface area contributed by atoms with E-state index in [9.17, 15) is 0 Å². The summed E-state index contributed by atoms with van der Waals surface area (Å²) in [7, 11) is 0. The molecule has 17 heavy (non-hydrogen) atoms. The van der Waals surface area contributed by atoms with Gasteiger partial charge in [0.1, 0.15) is 0 Å². The third-order valence-electron chi connectivity index (χ3n) is 3.66. The van der Waals surface area contributed by atoms with Crippen molar-refractivity contribution in [2.75, 3.05) is 13.1 Å². The number of hydrogen-bond acceptors (Lipinski definition) is 4. The molecule has 2 unspecified atom stereocenters. The Labute approximate surface area is 108 Å². The third kappa shape index (κ3) is 3.00. The van der Waals surface area contributed by atoms with Crippen LogP contribution in [-0.2, 0) is 6.54 Å². The maximum absolute atomic E-state index is 5.28. The molecule has 3 heterocycles. The second kappa shape index (κ2) is 5.38. The van der Waals surface area contributed by atoms with Crippen LogP contribution in [-0.4, -0.2) is 35.2 Å². The monoisotopic (exact) mass is 257 g/mol. The first-order chi connectivity index (χ1) is 7.79. The van der Waals surface area contributed by atoms with E-state index in [0.717, 1.165) is 30.6 Å². The number of fused-ring (bicyclic) bond motifs is 2. The van der Waals surface area contributed by atoms with Gasteiger partial charge in [0.05, 0.1) is 12.2 Å². The van der Waals surface area contributed by atoms with Gasteiger partial charge in [0.15, 0.2) is 5.76 Å². The number of rotatable bonds is 2. The van der Waals surface area contributed by atoms with E-state index in [1.54, 1.807) is 0 Å². The van der Waals surface area contributed by atoms with Crippen LogP contribution >= 0.6 is 12.4 Å². The van der Waals surface area contributed by atoms with Crippen molar-refractivity contribution in [3.8, 4) is 0 Å². The minimum absolute atomic E-state index is 0. The highest BCUT2D eigenvalue weighted by Crippen LogP contribution is 2.21. The van der Waals surface area contributed by atoms with Gasteiger partial charge in [0, 0.05) is 31.2 Å². The fourth-order valence-corrected chi connectivity index (χ4v) is 2.87. The van der Waals surface area contributed by atoms with E-state index in [1.807, 2.05) is 13.0 Å². The quantitative estimate of drug-likeness (QED) is 0.876. The number of nitrogens with one attached hydrogen (secondary N) is 1. The first kappa shape index (κ1) is 12.9. The third-order valence-corrected chi connectivity index (χ3v) is 3.66. The number of nitrogens with zero attached hydrogens (tertiary/aromatic N) is 2. The Bertz CT molecular complexity index is 368. The summed E-state index contributed by atoms with van der Waals surface area (Å²) < 4.78 is 5.28. The summed E-state index contributed by atoms with van der Waals surface area (Å²) in [5, 5.41) is 7.62. The van der Waals surface area contributed by atoms with Gasteiger partial charge >= 0.3 is 0 Å². The van der Waals surface area contributed by atoms with Gasteiger partial charge in [-0.3, -0.25) is 4.90 Å². The molecule has 1 aromatic rings. The number of aryl methyl sites for hydroxylation is 1. The first-order valence-electron chi connectivity index (χ1n) is 6.20. The van der Waals surface area contributed by atoms with Crippen LogP contribution in [0, 0.1) is 6.92 Å². The Kier molecular flexibility index (Phi) is 4.07.